The number of hydrogen-bond acceptors (Lipinski definition) is 3. The average molecular weight is 279 g/mol. The highest BCUT2D eigenvalue weighted by Gasteiger charge is 2.19. The first-order valence-electron chi connectivity index (χ1n) is 5.69. The lowest BCUT2D eigenvalue weighted by molar-refractivity contribution is -0.141. The summed E-state index contributed by atoms with van der Waals surface area (Å²) in [5.74, 6) is -7.01. The van der Waals surface area contributed by atoms with Crippen molar-refractivity contribution in [3.8, 4) is 0 Å². The van der Waals surface area contributed by atoms with Gasteiger partial charge in [0.15, 0.2) is 23.3 Å². The molecule has 0 aromatic heterocycles. The van der Waals surface area contributed by atoms with Crippen molar-refractivity contribution in [2.24, 2.45) is 0 Å². The summed E-state index contributed by atoms with van der Waals surface area (Å²) < 4.78 is 56.8. The molecule has 0 heterocycles. The quantitative estimate of drug-likeness (QED) is 0.376. The Labute approximate surface area is 107 Å². The summed E-state index contributed by atoms with van der Waals surface area (Å²) in [5, 5.41) is 1.99. The molecule has 0 radical (unpaired) electrons. The van der Waals surface area contributed by atoms with Crippen molar-refractivity contribution in [1.29, 1.82) is 0 Å². The highest BCUT2D eigenvalue weighted by atomic mass is 19.2. The minimum Gasteiger partial charge on any atom is -0.464 e. The number of nitrogens with one attached hydrogen (secondary N) is 1. The fourth-order valence-electron chi connectivity index (χ4n) is 1.27. The summed E-state index contributed by atoms with van der Waals surface area (Å²) >= 11 is 0. The topological polar surface area (TPSA) is 38.3 Å². The molecule has 0 fully saturated rings. The Morgan fingerprint density at radius 3 is 2.32 bits per heavy atom. The number of halogens is 4. The normalized spacial score (nSPS) is 10.4. The molecule has 7 heteroatoms. The number of anilines is 1. The van der Waals surface area contributed by atoms with Crippen molar-refractivity contribution in [3.63, 3.8) is 0 Å². The van der Waals surface area contributed by atoms with Crippen LogP contribution in [-0.2, 0) is 9.53 Å². The van der Waals surface area contributed by atoms with Crippen molar-refractivity contribution < 1.29 is 27.1 Å². The van der Waals surface area contributed by atoms with Crippen LogP contribution >= 0.6 is 0 Å². The summed E-state index contributed by atoms with van der Waals surface area (Å²) in [5.41, 5.74) is -1.02. The molecule has 106 valence electrons. The largest absolute Gasteiger partial charge is 0.464 e. The molecule has 0 saturated carbocycles. The van der Waals surface area contributed by atoms with Crippen LogP contribution in [0.15, 0.2) is 6.07 Å². The first-order valence-corrected chi connectivity index (χ1v) is 5.69. The fourth-order valence-corrected chi connectivity index (χ4v) is 1.27. The molecule has 19 heavy (non-hydrogen) atoms. The molecule has 0 unspecified atom stereocenters. The SMILES string of the molecule is CCCCOC(=O)CNc1c(F)c(F)cc(F)c1F. The minimum absolute atomic E-state index is 0.0927. The van der Waals surface area contributed by atoms with Gasteiger partial charge in [0.05, 0.1) is 6.61 Å². The van der Waals surface area contributed by atoms with Crippen LogP contribution < -0.4 is 5.32 Å². The van der Waals surface area contributed by atoms with Gasteiger partial charge in [0, 0.05) is 6.07 Å². The molecule has 0 amide bonds. The molecule has 0 atom stereocenters. The average Bonchev–Trinajstić information content (AvgIpc) is 2.37. The number of benzene rings is 1. The van der Waals surface area contributed by atoms with E-state index in [9.17, 15) is 22.4 Å². The van der Waals surface area contributed by atoms with Crippen LogP contribution in [0.5, 0.6) is 0 Å². The standard InChI is InChI=1S/C12H13F4NO2/c1-2-3-4-19-9(18)6-17-12-10(15)7(13)5-8(14)11(12)16/h5,17H,2-4,6H2,1H3. The Bertz CT molecular complexity index is 439. The molecule has 1 N–H and O–H groups in total. The van der Waals surface area contributed by atoms with Gasteiger partial charge >= 0.3 is 5.97 Å². The molecule has 3 nitrogen and oxygen atoms in total. The maximum atomic E-state index is 13.2. The second-order valence-corrected chi connectivity index (χ2v) is 3.77. The van der Waals surface area contributed by atoms with E-state index < -0.39 is 41.5 Å². The zero-order valence-electron chi connectivity index (χ0n) is 10.2. The van der Waals surface area contributed by atoms with E-state index in [2.05, 4.69) is 0 Å². The van der Waals surface area contributed by atoms with Gasteiger partial charge in [-0.25, -0.2) is 17.6 Å². The van der Waals surface area contributed by atoms with Crippen LogP contribution in [0.2, 0.25) is 0 Å². The van der Waals surface area contributed by atoms with E-state index in [1.807, 2.05) is 12.2 Å². The molecular weight excluding hydrogens is 266 g/mol. The van der Waals surface area contributed by atoms with Gasteiger partial charge in [-0.05, 0) is 6.42 Å². The lowest BCUT2D eigenvalue weighted by atomic mass is 10.2. The number of ether oxygens (including phenoxy) is 1. The smallest absolute Gasteiger partial charge is 0.325 e. The molecule has 1 aromatic rings. The number of unbranched alkanes of at least 4 members (excludes halogenated alkanes) is 1. The lowest BCUT2D eigenvalue weighted by Gasteiger charge is -2.09. The monoisotopic (exact) mass is 279 g/mol. The van der Waals surface area contributed by atoms with E-state index >= 15 is 0 Å². The number of carbonyl (C=O) groups is 1. The van der Waals surface area contributed by atoms with Crippen LogP contribution in [0.1, 0.15) is 19.8 Å². The Morgan fingerprint density at radius 1 is 1.21 bits per heavy atom. The lowest BCUT2D eigenvalue weighted by Crippen LogP contribution is -2.19. The Balaban J connectivity index is 2.65. The Hall–Kier alpha value is -1.79. The minimum atomic E-state index is -1.58. The zero-order valence-corrected chi connectivity index (χ0v) is 10.2. The predicted molar refractivity (Wildman–Crippen MR) is 60.6 cm³/mol. The van der Waals surface area contributed by atoms with E-state index in [1.54, 1.807) is 0 Å². The highest BCUT2D eigenvalue weighted by Crippen LogP contribution is 2.23. The molecule has 0 spiro atoms. The molecular formula is C12H13F4NO2. The Kier molecular flexibility index (Phi) is 5.59. The van der Waals surface area contributed by atoms with E-state index in [1.165, 1.54) is 0 Å². The van der Waals surface area contributed by atoms with Crippen molar-refractivity contribution in [1.82, 2.24) is 0 Å². The number of rotatable bonds is 6. The third-order valence-electron chi connectivity index (χ3n) is 2.28. The van der Waals surface area contributed by atoms with Crippen LogP contribution in [0, 0.1) is 23.3 Å². The van der Waals surface area contributed by atoms with E-state index in [0.717, 1.165) is 6.42 Å². The molecule has 1 aromatic carbocycles. The van der Waals surface area contributed by atoms with Crippen molar-refractivity contribution in [2.45, 2.75) is 19.8 Å². The molecule has 0 aliphatic heterocycles. The van der Waals surface area contributed by atoms with Crippen LogP contribution in [0.25, 0.3) is 0 Å². The van der Waals surface area contributed by atoms with Crippen molar-refractivity contribution in [2.75, 3.05) is 18.5 Å². The van der Waals surface area contributed by atoms with Gasteiger partial charge < -0.3 is 10.1 Å². The first-order chi connectivity index (χ1) is 8.97. The molecule has 0 bridgehead atoms. The summed E-state index contributed by atoms with van der Waals surface area (Å²) in [6, 6.07) is 0.0927. The second-order valence-electron chi connectivity index (χ2n) is 3.77. The summed E-state index contributed by atoms with van der Waals surface area (Å²) in [6.07, 6.45) is 1.47. The number of carbonyl (C=O) groups excluding carboxylic acids is 1. The van der Waals surface area contributed by atoms with Gasteiger partial charge in [-0.1, -0.05) is 13.3 Å². The maximum Gasteiger partial charge on any atom is 0.325 e. The fraction of sp³-hybridized carbons (Fsp3) is 0.417. The van der Waals surface area contributed by atoms with Crippen LogP contribution in [0.3, 0.4) is 0 Å². The highest BCUT2D eigenvalue weighted by molar-refractivity contribution is 5.75. The number of esters is 1. The van der Waals surface area contributed by atoms with Gasteiger partial charge in [-0.15, -0.1) is 0 Å². The molecule has 0 aliphatic carbocycles. The van der Waals surface area contributed by atoms with E-state index in [-0.39, 0.29) is 12.7 Å². The second kappa shape index (κ2) is 6.96. The molecule has 1 rings (SSSR count). The Morgan fingerprint density at radius 2 is 1.79 bits per heavy atom. The van der Waals surface area contributed by atoms with Crippen LogP contribution in [-0.4, -0.2) is 19.1 Å². The molecule has 0 saturated heterocycles. The van der Waals surface area contributed by atoms with E-state index in [0.29, 0.717) is 6.42 Å². The van der Waals surface area contributed by atoms with Gasteiger partial charge in [-0.3, -0.25) is 4.79 Å². The van der Waals surface area contributed by atoms with Crippen LogP contribution in [0.4, 0.5) is 23.2 Å². The zero-order chi connectivity index (χ0) is 14.4. The number of hydrogen-bond donors (Lipinski definition) is 1. The van der Waals surface area contributed by atoms with Gasteiger partial charge in [0.2, 0.25) is 0 Å². The van der Waals surface area contributed by atoms with Gasteiger partial charge in [-0.2, -0.15) is 0 Å². The van der Waals surface area contributed by atoms with Crippen molar-refractivity contribution in [3.05, 3.63) is 29.3 Å². The summed E-state index contributed by atoms with van der Waals surface area (Å²) in [6.45, 7) is 1.49. The predicted octanol–water partition coefficient (Wildman–Crippen LogP) is 3.00. The third-order valence-corrected chi connectivity index (χ3v) is 2.28. The van der Waals surface area contributed by atoms with Gasteiger partial charge in [0.25, 0.3) is 0 Å². The van der Waals surface area contributed by atoms with Gasteiger partial charge in [0.1, 0.15) is 12.2 Å². The third kappa shape index (κ3) is 4.11. The maximum absolute atomic E-state index is 13.2. The molecule has 0 aliphatic rings. The van der Waals surface area contributed by atoms with Crippen molar-refractivity contribution >= 4 is 11.7 Å². The first kappa shape index (κ1) is 15.3. The summed E-state index contributed by atoms with van der Waals surface area (Å²) in [7, 11) is 0. The van der Waals surface area contributed by atoms with E-state index in [4.69, 9.17) is 4.74 Å². The summed E-state index contributed by atoms with van der Waals surface area (Å²) in [4.78, 5) is 11.2.